The first-order chi connectivity index (χ1) is 10.3. The Bertz CT molecular complexity index is 782. The minimum atomic E-state index is 0.666. The van der Waals surface area contributed by atoms with Crippen LogP contribution >= 0.6 is 0 Å². The summed E-state index contributed by atoms with van der Waals surface area (Å²) in [5, 5.41) is 4.29. The van der Waals surface area contributed by atoms with Crippen molar-refractivity contribution >= 4 is 23.0 Å². The minimum Gasteiger partial charge on any atom is -0.370 e. The lowest BCUT2D eigenvalue weighted by atomic mass is 10.0. The summed E-state index contributed by atoms with van der Waals surface area (Å²) >= 11 is 0. The van der Waals surface area contributed by atoms with Gasteiger partial charge in [0.05, 0.1) is 5.52 Å². The Kier molecular flexibility index (Phi) is 3.65. The van der Waals surface area contributed by atoms with E-state index in [0.717, 1.165) is 40.7 Å². The van der Waals surface area contributed by atoms with E-state index >= 15 is 0 Å². The van der Waals surface area contributed by atoms with E-state index in [1.807, 2.05) is 30.3 Å². The summed E-state index contributed by atoms with van der Waals surface area (Å²) in [5.74, 6) is 0.870. The van der Waals surface area contributed by atoms with Crippen LogP contribution in [0.3, 0.4) is 0 Å². The second kappa shape index (κ2) is 5.75. The highest BCUT2D eigenvalue weighted by Gasteiger charge is 2.08. The summed E-state index contributed by atoms with van der Waals surface area (Å²) < 4.78 is 0. The molecule has 3 aromatic rings. The summed E-state index contributed by atoms with van der Waals surface area (Å²) in [6.45, 7) is 2.86. The molecule has 104 valence electrons. The fourth-order valence-electron chi connectivity index (χ4n) is 2.41. The number of rotatable bonds is 4. The predicted molar refractivity (Wildman–Crippen MR) is 86.7 cm³/mol. The molecule has 1 N–H and O–H groups in total. The van der Waals surface area contributed by atoms with Crippen LogP contribution < -0.4 is 5.32 Å². The molecule has 3 nitrogen and oxygen atoms in total. The van der Waals surface area contributed by atoms with Crippen molar-refractivity contribution in [2.75, 3.05) is 11.9 Å². The standard InChI is InChI=1S/C18H16N2O/c1-2-19-18-16(14-6-4-3-5-7-14)11-15-10-13(12-21)8-9-17(15)20-18/h3-12H,2H2,1H3,(H,19,20). The van der Waals surface area contributed by atoms with Crippen LogP contribution in [0.25, 0.3) is 22.0 Å². The van der Waals surface area contributed by atoms with Gasteiger partial charge in [0, 0.05) is 23.1 Å². The molecule has 3 rings (SSSR count). The Morgan fingerprint density at radius 3 is 2.62 bits per heavy atom. The van der Waals surface area contributed by atoms with Gasteiger partial charge in [-0.2, -0.15) is 0 Å². The Balaban J connectivity index is 2.24. The van der Waals surface area contributed by atoms with Crippen LogP contribution in [0.4, 0.5) is 5.82 Å². The fraction of sp³-hybridized carbons (Fsp3) is 0.111. The molecule has 0 saturated heterocycles. The highest BCUT2D eigenvalue weighted by molar-refractivity contribution is 5.92. The Hall–Kier alpha value is -2.68. The number of pyridine rings is 1. The number of nitrogens with zero attached hydrogens (tertiary/aromatic N) is 1. The normalized spacial score (nSPS) is 10.5. The van der Waals surface area contributed by atoms with Gasteiger partial charge < -0.3 is 5.32 Å². The van der Waals surface area contributed by atoms with E-state index in [4.69, 9.17) is 0 Å². The number of fused-ring (bicyclic) bond motifs is 1. The number of benzene rings is 2. The first kappa shape index (κ1) is 13.3. The van der Waals surface area contributed by atoms with Gasteiger partial charge in [-0.25, -0.2) is 4.98 Å². The van der Waals surface area contributed by atoms with Crippen LogP contribution in [-0.2, 0) is 0 Å². The van der Waals surface area contributed by atoms with Crippen LogP contribution in [0.1, 0.15) is 17.3 Å². The van der Waals surface area contributed by atoms with E-state index in [0.29, 0.717) is 5.56 Å². The summed E-state index contributed by atoms with van der Waals surface area (Å²) in [6, 6.07) is 17.8. The van der Waals surface area contributed by atoms with Crippen molar-refractivity contribution in [1.82, 2.24) is 4.98 Å². The van der Waals surface area contributed by atoms with Crippen molar-refractivity contribution in [3.05, 3.63) is 60.2 Å². The van der Waals surface area contributed by atoms with Gasteiger partial charge in [-0.15, -0.1) is 0 Å². The average Bonchev–Trinajstić information content (AvgIpc) is 2.55. The van der Waals surface area contributed by atoms with Crippen LogP contribution in [0.15, 0.2) is 54.6 Å². The molecule has 0 aliphatic heterocycles. The third-order valence-corrected chi connectivity index (χ3v) is 3.40. The summed E-state index contributed by atoms with van der Waals surface area (Å²) in [7, 11) is 0. The maximum atomic E-state index is 10.9. The molecule has 0 aliphatic rings. The van der Waals surface area contributed by atoms with Gasteiger partial charge >= 0.3 is 0 Å². The largest absolute Gasteiger partial charge is 0.370 e. The van der Waals surface area contributed by atoms with E-state index < -0.39 is 0 Å². The molecule has 0 amide bonds. The van der Waals surface area contributed by atoms with Gasteiger partial charge in [0.1, 0.15) is 12.1 Å². The number of hydrogen-bond donors (Lipinski definition) is 1. The van der Waals surface area contributed by atoms with Crippen LogP contribution in [-0.4, -0.2) is 17.8 Å². The Morgan fingerprint density at radius 1 is 1.10 bits per heavy atom. The second-order valence-electron chi connectivity index (χ2n) is 4.85. The maximum Gasteiger partial charge on any atom is 0.150 e. The molecule has 0 radical (unpaired) electrons. The molecule has 0 aliphatic carbocycles. The van der Waals surface area contributed by atoms with E-state index in [-0.39, 0.29) is 0 Å². The number of aromatic nitrogens is 1. The van der Waals surface area contributed by atoms with E-state index in [2.05, 4.69) is 35.4 Å². The number of carbonyl (C=O) groups is 1. The highest BCUT2D eigenvalue weighted by atomic mass is 16.1. The van der Waals surface area contributed by atoms with Gasteiger partial charge in [0.25, 0.3) is 0 Å². The van der Waals surface area contributed by atoms with Crippen molar-refractivity contribution in [3.63, 3.8) is 0 Å². The minimum absolute atomic E-state index is 0.666. The van der Waals surface area contributed by atoms with Crippen molar-refractivity contribution in [3.8, 4) is 11.1 Å². The van der Waals surface area contributed by atoms with E-state index in [1.165, 1.54) is 0 Å². The smallest absolute Gasteiger partial charge is 0.150 e. The Morgan fingerprint density at radius 2 is 1.90 bits per heavy atom. The lowest BCUT2D eigenvalue weighted by molar-refractivity contribution is 0.112. The number of hydrogen-bond acceptors (Lipinski definition) is 3. The van der Waals surface area contributed by atoms with E-state index in [1.54, 1.807) is 6.07 Å². The second-order valence-corrected chi connectivity index (χ2v) is 4.85. The lowest BCUT2D eigenvalue weighted by Gasteiger charge is -2.12. The molecule has 3 heteroatoms. The number of carbonyl (C=O) groups excluding carboxylic acids is 1. The van der Waals surface area contributed by atoms with E-state index in [9.17, 15) is 4.79 Å². The van der Waals surface area contributed by atoms with Crippen molar-refractivity contribution in [2.45, 2.75) is 6.92 Å². The molecule has 0 unspecified atom stereocenters. The van der Waals surface area contributed by atoms with Gasteiger partial charge in [-0.3, -0.25) is 4.79 Å². The molecule has 1 heterocycles. The quantitative estimate of drug-likeness (QED) is 0.728. The summed E-state index contributed by atoms with van der Waals surface area (Å²) in [4.78, 5) is 15.6. The lowest BCUT2D eigenvalue weighted by Crippen LogP contribution is -2.02. The summed E-state index contributed by atoms with van der Waals surface area (Å²) in [6.07, 6.45) is 0.861. The first-order valence-corrected chi connectivity index (χ1v) is 7.01. The molecule has 2 aromatic carbocycles. The first-order valence-electron chi connectivity index (χ1n) is 7.01. The zero-order chi connectivity index (χ0) is 14.7. The topological polar surface area (TPSA) is 42.0 Å². The highest BCUT2D eigenvalue weighted by Crippen LogP contribution is 2.30. The zero-order valence-corrected chi connectivity index (χ0v) is 11.8. The number of anilines is 1. The molecule has 0 bridgehead atoms. The van der Waals surface area contributed by atoms with Gasteiger partial charge in [0.2, 0.25) is 0 Å². The van der Waals surface area contributed by atoms with Gasteiger partial charge in [0.15, 0.2) is 0 Å². The van der Waals surface area contributed by atoms with Gasteiger partial charge in [-0.05, 0) is 36.8 Å². The van der Waals surface area contributed by atoms with Crippen molar-refractivity contribution < 1.29 is 4.79 Å². The predicted octanol–water partition coefficient (Wildman–Crippen LogP) is 4.15. The molecule has 0 atom stereocenters. The Labute approximate surface area is 123 Å². The van der Waals surface area contributed by atoms with Crippen molar-refractivity contribution in [2.24, 2.45) is 0 Å². The molecule has 0 saturated carbocycles. The zero-order valence-electron chi connectivity index (χ0n) is 11.8. The third kappa shape index (κ3) is 2.63. The van der Waals surface area contributed by atoms with Crippen molar-refractivity contribution in [1.29, 1.82) is 0 Å². The van der Waals surface area contributed by atoms with Gasteiger partial charge in [-0.1, -0.05) is 30.3 Å². The monoisotopic (exact) mass is 276 g/mol. The summed E-state index contributed by atoms with van der Waals surface area (Å²) in [5.41, 5.74) is 3.71. The van der Waals surface area contributed by atoms with Crippen LogP contribution in [0.5, 0.6) is 0 Å². The molecule has 1 aromatic heterocycles. The van der Waals surface area contributed by atoms with Crippen LogP contribution in [0.2, 0.25) is 0 Å². The fourth-order valence-corrected chi connectivity index (χ4v) is 2.41. The molecular formula is C18H16N2O. The number of aldehydes is 1. The molecule has 0 spiro atoms. The molecular weight excluding hydrogens is 260 g/mol. The molecule has 21 heavy (non-hydrogen) atoms. The molecule has 0 fully saturated rings. The maximum absolute atomic E-state index is 10.9. The third-order valence-electron chi connectivity index (χ3n) is 3.40. The number of nitrogens with one attached hydrogen (secondary N) is 1. The van der Waals surface area contributed by atoms with Crippen LogP contribution in [0, 0.1) is 0 Å². The average molecular weight is 276 g/mol. The SMILES string of the molecule is CCNc1nc2ccc(C=O)cc2cc1-c1ccccc1.